The van der Waals surface area contributed by atoms with Gasteiger partial charge in [-0.1, -0.05) is 70.2 Å². The molecular formula is C31H30NO+. The van der Waals surface area contributed by atoms with Crippen LogP contribution in [-0.4, -0.2) is 0 Å². The second-order valence-electron chi connectivity index (χ2n) is 10.4. The quantitative estimate of drug-likeness (QED) is 0.260. The van der Waals surface area contributed by atoms with Gasteiger partial charge in [0.05, 0.1) is 5.56 Å². The van der Waals surface area contributed by atoms with Gasteiger partial charge in [0.1, 0.15) is 18.2 Å². The van der Waals surface area contributed by atoms with E-state index in [0.29, 0.717) is 5.92 Å². The van der Waals surface area contributed by atoms with Gasteiger partial charge in [0.15, 0.2) is 6.20 Å². The first-order valence-corrected chi connectivity index (χ1v) is 11.9. The first kappa shape index (κ1) is 20.2. The van der Waals surface area contributed by atoms with Crippen LogP contribution in [0, 0.1) is 6.92 Å². The smallest absolute Gasteiger partial charge is 0.216 e. The number of benzene rings is 3. The lowest BCUT2D eigenvalue weighted by Crippen LogP contribution is -2.31. The Balaban J connectivity index is 1.74. The van der Waals surface area contributed by atoms with Crippen LogP contribution in [0.1, 0.15) is 55.9 Å². The van der Waals surface area contributed by atoms with Crippen molar-refractivity contribution in [1.29, 1.82) is 0 Å². The third-order valence-electron chi connectivity index (χ3n) is 7.65. The Morgan fingerprint density at radius 2 is 1.67 bits per heavy atom. The minimum atomic E-state index is -0.0186. The van der Waals surface area contributed by atoms with Crippen LogP contribution in [0.15, 0.2) is 71.3 Å². The van der Waals surface area contributed by atoms with E-state index in [0.717, 1.165) is 11.2 Å². The Labute approximate surface area is 195 Å². The zero-order valence-electron chi connectivity index (χ0n) is 20.3. The minimum Gasteiger partial charge on any atom is -0.455 e. The summed E-state index contributed by atoms with van der Waals surface area (Å²) in [6, 6.07) is 22.3. The highest BCUT2D eigenvalue weighted by atomic mass is 16.3. The molecule has 5 aromatic rings. The van der Waals surface area contributed by atoms with Crippen molar-refractivity contribution in [1.82, 2.24) is 0 Å². The van der Waals surface area contributed by atoms with Crippen molar-refractivity contribution in [3.8, 4) is 22.4 Å². The van der Waals surface area contributed by atoms with Crippen LogP contribution < -0.4 is 4.57 Å². The monoisotopic (exact) mass is 432 g/mol. The first-order chi connectivity index (χ1) is 15.8. The fourth-order valence-corrected chi connectivity index (χ4v) is 5.73. The number of fused-ring (bicyclic) bond motifs is 7. The predicted molar refractivity (Wildman–Crippen MR) is 137 cm³/mol. The molecule has 0 spiro atoms. The lowest BCUT2D eigenvalue weighted by molar-refractivity contribution is -0.660. The fourth-order valence-electron chi connectivity index (χ4n) is 5.73. The molecule has 3 aromatic carbocycles. The summed E-state index contributed by atoms with van der Waals surface area (Å²) in [6.07, 6.45) is 2.17. The lowest BCUT2D eigenvalue weighted by atomic mass is 9.82. The zero-order valence-corrected chi connectivity index (χ0v) is 20.3. The fraction of sp³-hybridized carbons (Fsp3) is 0.258. The second kappa shape index (κ2) is 6.81. The van der Waals surface area contributed by atoms with E-state index in [2.05, 4.69) is 113 Å². The normalized spacial score (nSPS) is 14.3. The highest BCUT2D eigenvalue weighted by molar-refractivity contribution is 6.17. The Bertz CT molecular complexity index is 1580. The predicted octanol–water partition coefficient (Wildman–Crippen LogP) is 7.82. The Morgan fingerprint density at radius 3 is 2.45 bits per heavy atom. The van der Waals surface area contributed by atoms with Crippen LogP contribution in [0.3, 0.4) is 0 Å². The van der Waals surface area contributed by atoms with Gasteiger partial charge in [0, 0.05) is 28.3 Å². The van der Waals surface area contributed by atoms with E-state index < -0.39 is 0 Å². The SMILES string of the molecule is Cc1ccc2c(oc3ccc4c(c32)-c2ccccc2C4(C)C)c1-c1cc(C(C)C)cc[n+]1C. The average molecular weight is 433 g/mol. The molecule has 1 aliphatic carbocycles. The summed E-state index contributed by atoms with van der Waals surface area (Å²) in [5.41, 5.74) is 12.3. The summed E-state index contributed by atoms with van der Waals surface area (Å²) in [5, 5.41) is 2.44. The number of hydrogen-bond acceptors (Lipinski definition) is 1. The molecule has 6 rings (SSSR count). The number of rotatable bonds is 2. The van der Waals surface area contributed by atoms with Crippen molar-refractivity contribution in [2.24, 2.45) is 7.05 Å². The van der Waals surface area contributed by atoms with Gasteiger partial charge >= 0.3 is 0 Å². The molecule has 0 radical (unpaired) electrons. The topological polar surface area (TPSA) is 17.0 Å². The highest BCUT2D eigenvalue weighted by Crippen LogP contribution is 2.53. The molecule has 2 heterocycles. The Morgan fingerprint density at radius 1 is 0.879 bits per heavy atom. The molecule has 0 fully saturated rings. The summed E-state index contributed by atoms with van der Waals surface area (Å²) in [4.78, 5) is 0. The lowest BCUT2D eigenvalue weighted by Gasteiger charge is -2.21. The first-order valence-electron chi connectivity index (χ1n) is 11.9. The van der Waals surface area contributed by atoms with E-state index in [1.54, 1.807) is 0 Å². The summed E-state index contributed by atoms with van der Waals surface area (Å²) < 4.78 is 8.88. The van der Waals surface area contributed by atoms with Crippen LogP contribution in [0.25, 0.3) is 44.3 Å². The molecule has 0 bridgehead atoms. The largest absolute Gasteiger partial charge is 0.455 e. The number of nitrogens with zero attached hydrogens (tertiary/aromatic N) is 1. The molecule has 164 valence electrons. The van der Waals surface area contributed by atoms with Crippen molar-refractivity contribution in [2.45, 2.75) is 46.0 Å². The van der Waals surface area contributed by atoms with E-state index in [1.165, 1.54) is 55.4 Å². The van der Waals surface area contributed by atoms with Gasteiger partial charge < -0.3 is 4.42 Å². The molecule has 2 aromatic heterocycles. The van der Waals surface area contributed by atoms with Gasteiger partial charge in [0.2, 0.25) is 5.69 Å². The molecule has 0 saturated carbocycles. The maximum atomic E-state index is 6.67. The highest BCUT2D eigenvalue weighted by Gasteiger charge is 2.37. The van der Waals surface area contributed by atoms with Crippen molar-refractivity contribution >= 4 is 21.9 Å². The van der Waals surface area contributed by atoms with Crippen molar-refractivity contribution in [2.75, 3.05) is 0 Å². The van der Waals surface area contributed by atoms with Crippen LogP contribution in [0.2, 0.25) is 0 Å². The number of furan rings is 1. The van der Waals surface area contributed by atoms with Crippen LogP contribution in [0.5, 0.6) is 0 Å². The van der Waals surface area contributed by atoms with Crippen molar-refractivity contribution in [3.63, 3.8) is 0 Å². The molecule has 33 heavy (non-hydrogen) atoms. The van der Waals surface area contributed by atoms with Gasteiger partial charge in [-0.15, -0.1) is 0 Å². The molecule has 0 aliphatic heterocycles. The second-order valence-corrected chi connectivity index (χ2v) is 10.4. The maximum absolute atomic E-state index is 6.67. The van der Waals surface area contributed by atoms with Gasteiger partial charge in [-0.25, -0.2) is 4.57 Å². The number of pyridine rings is 1. The minimum absolute atomic E-state index is 0.0186. The molecule has 2 heteroatoms. The van der Waals surface area contributed by atoms with E-state index >= 15 is 0 Å². The molecule has 0 atom stereocenters. The standard InChI is InChI=1S/C31H30NO/c1-18(2)20-15-16-32(6)25(17-20)27-19(3)11-12-22-29-26(33-30(22)27)14-13-24-28(29)21-9-7-8-10-23(21)31(24,4)5/h7-18H,1-6H3/q+1. The molecule has 0 saturated heterocycles. The van der Waals surface area contributed by atoms with E-state index in [-0.39, 0.29) is 5.41 Å². The van der Waals surface area contributed by atoms with E-state index in [4.69, 9.17) is 4.42 Å². The van der Waals surface area contributed by atoms with Crippen molar-refractivity contribution < 1.29 is 8.98 Å². The number of aryl methyl sites for hydroxylation is 2. The van der Waals surface area contributed by atoms with Gasteiger partial charge in [-0.05, 0) is 52.3 Å². The van der Waals surface area contributed by atoms with Crippen LogP contribution in [-0.2, 0) is 12.5 Å². The molecule has 1 aliphatic rings. The van der Waals surface area contributed by atoms with E-state index in [9.17, 15) is 0 Å². The van der Waals surface area contributed by atoms with Crippen LogP contribution >= 0.6 is 0 Å². The van der Waals surface area contributed by atoms with E-state index in [1.807, 2.05) is 0 Å². The molecular weight excluding hydrogens is 402 g/mol. The summed E-state index contributed by atoms with van der Waals surface area (Å²) in [6.45, 7) is 11.3. The van der Waals surface area contributed by atoms with Gasteiger partial charge in [0.25, 0.3) is 0 Å². The average Bonchev–Trinajstić information content (AvgIpc) is 3.27. The maximum Gasteiger partial charge on any atom is 0.216 e. The Hall–Kier alpha value is -3.39. The molecule has 2 nitrogen and oxygen atoms in total. The summed E-state index contributed by atoms with van der Waals surface area (Å²) >= 11 is 0. The third-order valence-corrected chi connectivity index (χ3v) is 7.65. The van der Waals surface area contributed by atoms with Crippen LogP contribution in [0.4, 0.5) is 0 Å². The zero-order chi connectivity index (χ0) is 23.1. The molecule has 0 N–H and O–H groups in total. The van der Waals surface area contributed by atoms with Crippen molar-refractivity contribution in [3.05, 3.63) is 89.1 Å². The summed E-state index contributed by atoms with van der Waals surface area (Å²) in [5.74, 6) is 0.474. The number of hydrogen-bond donors (Lipinski definition) is 0. The Kier molecular flexibility index (Phi) is 4.17. The molecule has 0 amide bonds. The summed E-state index contributed by atoms with van der Waals surface area (Å²) in [7, 11) is 2.12. The third kappa shape index (κ3) is 2.70. The van der Waals surface area contributed by atoms with Gasteiger partial charge in [-0.3, -0.25) is 0 Å². The van der Waals surface area contributed by atoms with Gasteiger partial charge in [-0.2, -0.15) is 0 Å². The molecule has 0 unspecified atom stereocenters. The number of aromatic nitrogens is 1.